The van der Waals surface area contributed by atoms with Crippen LogP contribution in [0.1, 0.15) is 0 Å². The molecule has 0 spiro atoms. The number of nitrogens with zero attached hydrogens (tertiary/aromatic N) is 1. The van der Waals surface area contributed by atoms with Crippen molar-refractivity contribution in [2.24, 2.45) is 5.16 Å². The lowest BCUT2D eigenvalue weighted by Crippen LogP contribution is -1.60. The number of rotatable bonds is 1. The standard InChI is InChI=1S/C2H4INO/c1-5-4-2-3/h2H,1H3/b4-2-. The zero-order valence-electron chi connectivity index (χ0n) is 2.81. The van der Waals surface area contributed by atoms with Crippen LogP contribution in [0.25, 0.3) is 0 Å². The van der Waals surface area contributed by atoms with Gasteiger partial charge in [-0.2, -0.15) is 0 Å². The fourth-order valence-corrected chi connectivity index (χ4v) is 0.267. The van der Waals surface area contributed by atoms with Crippen molar-refractivity contribution in [1.82, 2.24) is 0 Å². The minimum atomic E-state index is 1.51. The molecule has 2 nitrogen and oxygen atoms in total. The smallest absolute Gasteiger partial charge is 0.106 e. The molecule has 0 N–H and O–H groups in total. The van der Waals surface area contributed by atoms with Gasteiger partial charge in [0.25, 0.3) is 0 Å². The van der Waals surface area contributed by atoms with Crippen molar-refractivity contribution in [1.29, 1.82) is 0 Å². The molecule has 0 bridgehead atoms. The van der Waals surface area contributed by atoms with Crippen molar-refractivity contribution < 1.29 is 4.84 Å². The van der Waals surface area contributed by atoms with Gasteiger partial charge in [0, 0.05) is 0 Å². The lowest BCUT2D eigenvalue weighted by atomic mass is 11.7. The van der Waals surface area contributed by atoms with E-state index >= 15 is 0 Å². The van der Waals surface area contributed by atoms with Crippen LogP contribution in [0.3, 0.4) is 0 Å². The normalized spacial score (nSPS) is 9.20. The second-order valence-electron chi connectivity index (χ2n) is 0.386. The Kier molecular flexibility index (Phi) is 4.37. The summed E-state index contributed by atoms with van der Waals surface area (Å²) in [7, 11) is 1.51. The monoisotopic (exact) mass is 185 g/mol. The van der Waals surface area contributed by atoms with Gasteiger partial charge < -0.3 is 4.84 Å². The average molecular weight is 185 g/mol. The number of hydrogen-bond donors (Lipinski definition) is 0. The van der Waals surface area contributed by atoms with Gasteiger partial charge in [0.15, 0.2) is 0 Å². The van der Waals surface area contributed by atoms with Crippen LogP contribution in [0.4, 0.5) is 0 Å². The molecule has 5 heavy (non-hydrogen) atoms. The zero-order valence-corrected chi connectivity index (χ0v) is 4.97. The van der Waals surface area contributed by atoms with Gasteiger partial charge >= 0.3 is 0 Å². The van der Waals surface area contributed by atoms with E-state index in [1.54, 1.807) is 4.22 Å². The van der Waals surface area contributed by atoms with E-state index < -0.39 is 0 Å². The van der Waals surface area contributed by atoms with Crippen molar-refractivity contribution >= 4 is 26.8 Å². The van der Waals surface area contributed by atoms with Crippen molar-refractivity contribution in [2.75, 3.05) is 7.11 Å². The SMILES string of the molecule is CO/N=C\I. The molecule has 3 heteroatoms. The van der Waals surface area contributed by atoms with Gasteiger partial charge in [0.1, 0.15) is 11.3 Å². The molecule has 0 aromatic heterocycles. The Morgan fingerprint density at radius 1 is 2.00 bits per heavy atom. The molecule has 0 aliphatic heterocycles. The first kappa shape index (κ1) is 5.20. The van der Waals surface area contributed by atoms with Gasteiger partial charge in [0.2, 0.25) is 0 Å². The predicted molar refractivity (Wildman–Crippen MR) is 29.5 cm³/mol. The van der Waals surface area contributed by atoms with Crippen LogP contribution in [0.5, 0.6) is 0 Å². The van der Waals surface area contributed by atoms with E-state index in [0.29, 0.717) is 0 Å². The van der Waals surface area contributed by atoms with E-state index in [0.717, 1.165) is 0 Å². The van der Waals surface area contributed by atoms with Crippen LogP contribution >= 0.6 is 22.6 Å². The highest BCUT2D eigenvalue weighted by atomic mass is 127. The summed E-state index contributed by atoms with van der Waals surface area (Å²) >= 11 is 1.97. The molecule has 0 radical (unpaired) electrons. The Labute approximate surface area is 44.3 Å². The highest BCUT2D eigenvalue weighted by Crippen LogP contribution is 1.69. The van der Waals surface area contributed by atoms with E-state index in [4.69, 9.17) is 0 Å². The van der Waals surface area contributed by atoms with Crippen LogP contribution in [0, 0.1) is 0 Å². The third kappa shape index (κ3) is 4.20. The molecule has 0 heterocycles. The second-order valence-corrected chi connectivity index (χ2v) is 0.943. The van der Waals surface area contributed by atoms with Crippen molar-refractivity contribution in [2.45, 2.75) is 0 Å². The van der Waals surface area contributed by atoms with Crippen molar-refractivity contribution in [3.63, 3.8) is 0 Å². The van der Waals surface area contributed by atoms with Crippen LogP contribution in [-0.4, -0.2) is 11.3 Å². The summed E-state index contributed by atoms with van der Waals surface area (Å²) in [4.78, 5) is 4.25. The molecular weight excluding hydrogens is 181 g/mol. The third-order valence-corrected chi connectivity index (χ3v) is 0.373. The van der Waals surface area contributed by atoms with E-state index in [1.165, 1.54) is 7.11 Å². The number of halogens is 1. The average Bonchev–Trinajstić information content (AvgIpc) is 1.41. The molecule has 0 aromatic carbocycles. The van der Waals surface area contributed by atoms with Crippen molar-refractivity contribution in [3.8, 4) is 0 Å². The van der Waals surface area contributed by atoms with E-state index in [-0.39, 0.29) is 0 Å². The molecule has 0 aliphatic rings. The summed E-state index contributed by atoms with van der Waals surface area (Å²) in [6.45, 7) is 0. The fraction of sp³-hybridized carbons (Fsp3) is 0.500. The van der Waals surface area contributed by atoms with Crippen LogP contribution < -0.4 is 0 Å². The number of oxime groups is 1. The first-order valence-electron chi connectivity index (χ1n) is 1.07. The molecule has 0 rings (SSSR count). The summed E-state index contributed by atoms with van der Waals surface area (Å²) < 4.78 is 1.55. The first-order chi connectivity index (χ1) is 2.41. The van der Waals surface area contributed by atoms with E-state index in [9.17, 15) is 0 Å². The molecule has 0 amide bonds. The quantitative estimate of drug-likeness (QED) is 0.339. The third-order valence-electron chi connectivity index (χ3n) is 0.145. The van der Waals surface area contributed by atoms with E-state index in [2.05, 4.69) is 9.99 Å². The lowest BCUT2D eigenvalue weighted by molar-refractivity contribution is 0.216. The van der Waals surface area contributed by atoms with Gasteiger partial charge in [-0.1, -0.05) is 5.16 Å². The molecule has 0 fully saturated rings. The molecule has 0 atom stereocenters. The summed E-state index contributed by atoms with van der Waals surface area (Å²) in [5.41, 5.74) is 0. The first-order valence-corrected chi connectivity index (χ1v) is 2.31. The molecule has 0 aromatic rings. The Morgan fingerprint density at radius 2 is 2.60 bits per heavy atom. The maximum Gasteiger partial charge on any atom is 0.106 e. The maximum atomic E-state index is 4.25. The second kappa shape index (κ2) is 4.20. The topological polar surface area (TPSA) is 21.6 Å². The summed E-state index contributed by atoms with van der Waals surface area (Å²) in [6.07, 6.45) is 0. The Balaban J connectivity index is 2.62. The summed E-state index contributed by atoms with van der Waals surface area (Å²) in [5.74, 6) is 0. The van der Waals surface area contributed by atoms with Gasteiger partial charge in [-0.3, -0.25) is 0 Å². The lowest BCUT2D eigenvalue weighted by Gasteiger charge is -1.74. The predicted octanol–water partition coefficient (Wildman–Crippen LogP) is 1.01. The Morgan fingerprint density at radius 3 is 2.60 bits per heavy atom. The minimum absolute atomic E-state index is 1.51. The van der Waals surface area contributed by atoms with Gasteiger partial charge in [-0.05, 0) is 22.6 Å². The molecule has 30 valence electrons. The van der Waals surface area contributed by atoms with Crippen LogP contribution in [-0.2, 0) is 4.84 Å². The van der Waals surface area contributed by atoms with Crippen LogP contribution in [0.2, 0.25) is 0 Å². The van der Waals surface area contributed by atoms with Crippen LogP contribution in [0.15, 0.2) is 5.16 Å². The molecule has 0 saturated carbocycles. The minimum Gasteiger partial charge on any atom is -0.399 e. The van der Waals surface area contributed by atoms with Gasteiger partial charge in [0.05, 0.1) is 0 Å². The molecule has 0 aliphatic carbocycles. The largest absolute Gasteiger partial charge is 0.399 e. The molecule has 0 saturated heterocycles. The Hall–Kier alpha value is 0.200. The summed E-state index contributed by atoms with van der Waals surface area (Å²) in [6, 6.07) is 0. The highest BCUT2D eigenvalue weighted by molar-refractivity contribution is 14.1. The van der Waals surface area contributed by atoms with Crippen molar-refractivity contribution in [3.05, 3.63) is 0 Å². The van der Waals surface area contributed by atoms with Gasteiger partial charge in [-0.25, -0.2) is 0 Å². The molecule has 0 unspecified atom stereocenters. The summed E-state index contributed by atoms with van der Waals surface area (Å²) in [5, 5.41) is 3.33. The highest BCUT2D eigenvalue weighted by Gasteiger charge is 1.48. The maximum absolute atomic E-state index is 4.25. The number of hydrogen-bond acceptors (Lipinski definition) is 2. The zero-order chi connectivity index (χ0) is 4.12. The Bertz CT molecular complexity index is 36.6. The van der Waals surface area contributed by atoms with E-state index in [1.807, 2.05) is 22.6 Å². The molecular formula is C2H4INO. The van der Waals surface area contributed by atoms with Gasteiger partial charge in [-0.15, -0.1) is 0 Å². The fourth-order valence-electron chi connectivity index (χ4n) is 0.0398.